The molecule has 0 atom stereocenters. The van der Waals surface area contributed by atoms with Crippen LogP contribution in [0, 0.1) is 11.8 Å². The number of benzene rings is 3. The third kappa shape index (κ3) is 5.71. The number of nitrogens with one attached hydrogen (secondary N) is 1. The minimum Gasteiger partial charge on any atom is -0.493 e. The zero-order chi connectivity index (χ0) is 25.6. The maximum Gasteiger partial charge on any atom is 0.223 e. The Morgan fingerprint density at radius 3 is 2.68 bits per heavy atom. The third-order valence-electron chi connectivity index (χ3n) is 5.96. The average Bonchev–Trinajstić information content (AvgIpc) is 2.93. The maximum atomic E-state index is 11.7. The number of anilines is 2. The van der Waals surface area contributed by atoms with Gasteiger partial charge in [0, 0.05) is 47.9 Å². The first-order valence-electron chi connectivity index (χ1n) is 12.0. The van der Waals surface area contributed by atoms with Crippen LogP contribution >= 0.6 is 0 Å². The van der Waals surface area contributed by atoms with Crippen LogP contribution in [0.15, 0.2) is 84.8 Å². The summed E-state index contributed by atoms with van der Waals surface area (Å²) in [6.45, 7) is 2.32. The molecule has 0 saturated carbocycles. The van der Waals surface area contributed by atoms with E-state index in [0.717, 1.165) is 52.9 Å². The van der Waals surface area contributed by atoms with E-state index < -0.39 is 0 Å². The molecule has 5 rings (SSSR count). The smallest absolute Gasteiger partial charge is 0.223 e. The zero-order valence-corrected chi connectivity index (χ0v) is 20.7. The lowest BCUT2D eigenvalue weighted by molar-refractivity contribution is -0.126. The molecule has 1 amide bonds. The fourth-order valence-corrected chi connectivity index (χ4v) is 4.07. The van der Waals surface area contributed by atoms with Crippen molar-refractivity contribution < 1.29 is 14.3 Å². The Labute approximate surface area is 215 Å². The Morgan fingerprint density at radius 2 is 1.86 bits per heavy atom. The Balaban J connectivity index is 1.40. The van der Waals surface area contributed by atoms with Crippen LogP contribution in [0.25, 0.3) is 10.9 Å². The molecule has 0 radical (unpaired) electrons. The first kappa shape index (κ1) is 23.9. The van der Waals surface area contributed by atoms with E-state index in [2.05, 4.69) is 27.1 Å². The van der Waals surface area contributed by atoms with Gasteiger partial charge in [0.05, 0.1) is 12.6 Å². The van der Waals surface area contributed by atoms with Crippen LogP contribution in [0.3, 0.4) is 0 Å². The van der Waals surface area contributed by atoms with E-state index in [0.29, 0.717) is 17.3 Å². The lowest BCUT2D eigenvalue weighted by Crippen LogP contribution is -2.27. The summed E-state index contributed by atoms with van der Waals surface area (Å²) >= 11 is 0. The highest BCUT2D eigenvalue weighted by atomic mass is 16.5. The second-order valence-electron chi connectivity index (χ2n) is 8.58. The molecule has 0 aliphatic carbocycles. The molecular formula is C30H26N4O3. The highest BCUT2D eigenvalue weighted by Gasteiger charge is 2.12. The van der Waals surface area contributed by atoms with Crippen molar-refractivity contribution in [3.63, 3.8) is 0 Å². The molecule has 7 heteroatoms. The number of rotatable bonds is 5. The monoisotopic (exact) mass is 490 g/mol. The highest BCUT2D eigenvalue weighted by molar-refractivity contribution is 5.91. The molecule has 0 unspecified atom stereocenters. The number of carbonyl (C=O) groups excluding carboxylic acids is 1. The van der Waals surface area contributed by atoms with Crippen molar-refractivity contribution in [2.24, 2.45) is 0 Å². The summed E-state index contributed by atoms with van der Waals surface area (Å²) in [6, 6.07) is 21.0. The molecule has 0 spiro atoms. The van der Waals surface area contributed by atoms with Gasteiger partial charge in [-0.1, -0.05) is 30.0 Å². The Bertz CT molecular complexity index is 1540. The topological polar surface area (TPSA) is 76.6 Å². The van der Waals surface area contributed by atoms with Crippen LogP contribution in [0.4, 0.5) is 11.5 Å². The number of fused-ring (bicyclic) bond motifs is 1. The number of hydrogen-bond acceptors (Lipinski definition) is 6. The van der Waals surface area contributed by atoms with Crippen LogP contribution < -0.4 is 14.8 Å². The fourth-order valence-electron chi connectivity index (χ4n) is 4.07. The SMILES string of the molecule is COc1cc(Nc2ncnc3ccc(C#CC4=CN(C(C)=O)CCC4)cc23)ccc1Oc1ccccc1. The van der Waals surface area contributed by atoms with E-state index in [1.54, 1.807) is 18.9 Å². The number of aromatic nitrogens is 2. The minimum absolute atomic E-state index is 0.0360. The molecule has 1 aliphatic rings. The van der Waals surface area contributed by atoms with Crippen molar-refractivity contribution in [1.29, 1.82) is 0 Å². The maximum absolute atomic E-state index is 11.7. The minimum atomic E-state index is 0.0360. The van der Waals surface area contributed by atoms with Crippen molar-refractivity contribution in [2.45, 2.75) is 19.8 Å². The first-order chi connectivity index (χ1) is 18.1. The van der Waals surface area contributed by atoms with Gasteiger partial charge in [-0.2, -0.15) is 0 Å². The van der Waals surface area contributed by atoms with Gasteiger partial charge in [0.2, 0.25) is 5.91 Å². The van der Waals surface area contributed by atoms with Crippen LogP contribution in [0.1, 0.15) is 25.3 Å². The van der Waals surface area contributed by atoms with E-state index in [4.69, 9.17) is 9.47 Å². The zero-order valence-electron chi connectivity index (χ0n) is 20.7. The quantitative estimate of drug-likeness (QED) is 0.343. The van der Waals surface area contributed by atoms with Gasteiger partial charge in [-0.25, -0.2) is 9.97 Å². The predicted octanol–water partition coefficient (Wildman–Crippen LogP) is 6.05. The summed E-state index contributed by atoms with van der Waals surface area (Å²) < 4.78 is 11.5. The number of carbonyl (C=O) groups is 1. The number of nitrogens with zero attached hydrogens (tertiary/aromatic N) is 3. The number of allylic oxidation sites excluding steroid dienone is 1. The lowest BCUT2D eigenvalue weighted by atomic mass is 10.1. The second-order valence-corrected chi connectivity index (χ2v) is 8.58. The largest absolute Gasteiger partial charge is 0.493 e. The van der Waals surface area contributed by atoms with Gasteiger partial charge in [-0.15, -0.1) is 0 Å². The molecule has 4 aromatic rings. The second kappa shape index (κ2) is 10.8. The molecule has 1 aliphatic heterocycles. The van der Waals surface area contributed by atoms with Crippen molar-refractivity contribution in [3.05, 3.63) is 90.4 Å². The summed E-state index contributed by atoms with van der Waals surface area (Å²) in [7, 11) is 1.61. The van der Waals surface area contributed by atoms with Crippen molar-refractivity contribution in [3.8, 4) is 29.1 Å². The fraction of sp³-hybridized carbons (Fsp3) is 0.167. The predicted molar refractivity (Wildman–Crippen MR) is 144 cm³/mol. The number of methoxy groups -OCH3 is 1. The molecular weight excluding hydrogens is 464 g/mol. The third-order valence-corrected chi connectivity index (χ3v) is 5.96. The van der Waals surface area contributed by atoms with Gasteiger partial charge in [0.1, 0.15) is 17.9 Å². The summed E-state index contributed by atoms with van der Waals surface area (Å²) in [5, 5.41) is 4.22. The van der Waals surface area contributed by atoms with E-state index in [1.807, 2.05) is 72.9 Å². The Morgan fingerprint density at radius 1 is 1.00 bits per heavy atom. The molecule has 7 nitrogen and oxygen atoms in total. The molecule has 1 aromatic heterocycles. The first-order valence-corrected chi connectivity index (χ1v) is 12.0. The summed E-state index contributed by atoms with van der Waals surface area (Å²) in [5.41, 5.74) is 3.40. The number of para-hydroxylation sites is 1. The van der Waals surface area contributed by atoms with Gasteiger partial charge in [-0.05, 0) is 55.3 Å². The van der Waals surface area contributed by atoms with Gasteiger partial charge < -0.3 is 19.7 Å². The van der Waals surface area contributed by atoms with Crippen LogP contribution in [0.2, 0.25) is 0 Å². The molecule has 0 bridgehead atoms. The number of amides is 1. The van der Waals surface area contributed by atoms with Crippen LogP contribution in [-0.2, 0) is 4.79 Å². The molecule has 0 saturated heterocycles. The standard InChI is InChI=1S/C30H26N4O3/c1-21(35)34-16-6-7-23(19-34)11-10-22-12-14-27-26(17-22)30(32-20-31-27)33-24-13-15-28(29(18-24)36-2)37-25-8-4-3-5-9-25/h3-5,8-9,12-15,17-20H,6-7,16H2,1-2H3,(H,31,32,33). The normalized spacial score (nSPS) is 12.8. The molecule has 1 N–H and O–H groups in total. The molecule has 184 valence electrons. The van der Waals surface area contributed by atoms with Crippen molar-refractivity contribution >= 4 is 28.3 Å². The van der Waals surface area contributed by atoms with E-state index in [9.17, 15) is 4.79 Å². The van der Waals surface area contributed by atoms with Crippen molar-refractivity contribution in [2.75, 3.05) is 19.0 Å². The summed E-state index contributed by atoms with van der Waals surface area (Å²) in [5.74, 6) is 9.09. The lowest BCUT2D eigenvalue weighted by Gasteiger charge is -2.21. The molecule has 37 heavy (non-hydrogen) atoms. The number of hydrogen-bond donors (Lipinski definition) is 1. The Kier molecular flexibility index (Phi) is 7.00. The van der Waals surface area contributed by atoms with E-state index in [-0.39, 0.29) is 5.91 Å². The molecule has 0 fully saturated rings. The van der Waals surface area contributed by atoms with Crippen molar-refractivity contribution in [1.82, 2.24) is 14.9 Å². The van der Waals surface area contributed by atoms with Crippen LogP contribution in [0.5, 0.6) is 17.2 Å². The molecule has 2 heterocycles. The summed E-state index contributed by atoms with van der Waals surface area (Å²) in [4.78, 5) is 22.3. The van der Waals surface area contributed by atoms with Gasteiger partial charge in [-0.3, -0.25) is 4.79 Å². The van der Waals surface area contributed by atoms with Crippen LogP contribution in [-0.4, -0.2) is 34.4 Å². The van der Waals surface area contributed by atoms with E-state index >= 15 is 0 Å². The highest BCUT2D eigenvalue weighted by Crippen LogP contribution is 2.35. The summed E-state index contributed by atoms with van der Waals surface area (Å²) in [6.07, 6.45) is 5.17. The van der Waals surface area contributed by atoms with E-state index in [1.165, 1.54) is 6.33 Å². The molecule has 3 aromatic carbocycles. The van der Waals surface area contributed by atoms with Gasteiger partial charge in [0.15, 0.2) is 11.5 Å². The van der Waals surface area contributed by atoms with Gasteiger partial charge in [0.25, 0.3) is 0 Å². The number of ether oxygens (including phenoxy) is 2. The Hall–Kier alpha value is -4.83. The average molecular weight is 491 g/mol. The van der Waals surface area contributed by atoms with Gasteiger partial charge >= 0.3 is 0 Å².